The van der Waals surface area contributed by atoms with E-state index in [-0.39, 0.29) is 5.75 Å². The molecule has 0 saturated heterocycles. The quantitative estimate of drug-likeness (QED) is 0.208. The summed E-state index contributed by atoms with van der Waals surface area (Å²) in [5.74, 6) is 1.74. The van der Waals surface area contributed by atoms with Gasteiger partial charge in [-0.25, -0.2) is 4.98 Å². The fourth-order valence-corrected chi connectivity index (χ4v) is 4.64. The number of aryl methyl sites for hydroxylation is 1. The highest BCUT2D eigenvalue weighted by atomic mass is 35.5. The van der Waals surface area contributed by atoms with E-state index in [1.807, 2.05) is 92.7 Å². The zero-order valence-electron chi connectivity index (χ0n) is 21.2. The zero-order chi connectivity index (χ0) is 26.5. The number of halogens is 1. The zero-order valence-corrected chi connectivity index (χ0v) is 21.9. The number of aromatic nitrogens is 2. The van der Waals surface area contributed by atoms with Crippen LogP contribution < -0.4 is 14.8 Å². The van der Waals surface area contributed by atoms with Gasteiger partial charge >= 0.3 is 0 Å². The van der Waals surface area contributed by atoms with Gasteiger partial charge in [0.1, 0.15) is 23.7 Å². The molecule has 2 N–H and O–H groups in total. The molecule has 5 aromatic rings. The van der Waals surface area contributed by atoms with Crippen LogP contribution in [-0.2, 0) is 6.61 Å². The predicted octanol–water partition coefficient (Wildman–Crippen LogP) is 7.48. The Morgan fingerprint density at radius 1 is 0.921 bits per heavy atom. The van der Waals surface area contributed by atoms with E-state index >= 15 is 0 Å². The first-order valence-electron chi connectivity index (χ1n) is 12.4. The maximum Gasteiger partial charge on any atom is 0.180 e. The van der Waals surface area contributed by atoms with Gasteiger partial charge in [-0.15, -0.1) is 0 Å². The SMILES string of the molecule is CCOc1cc([C@H](Nc2cc(C)ccn2)c2ccc3cccnc3c2O)cc(Cl)c1OCc1ccccc1. The summed E-state index contributed by atoms with van der Waals surface area (Å²) >= 11 is 6.81. The summed E-state index contributed by atoms with van der Waals surface area (Å²) in [4.78, 5) is 8.89. The molecule has 7 heteroatoms. The summed E-state index contributed by atoms with van der Waals surface area (Å²) in [6.07, 6.45) is 3.41. The standard InChI is InChI=1S/C31H28ClN3O3/c1-3-37-26-18-23(17-25(32)31(26)38-19-21-8-5-4-6-9-21)28(35-27-16-20(2)13-15-33-27)24-12-11-22-10-7-14-34-29(22)30(24)36/h4-18,28,36H,3,19H2,1-2H3,(H,33,35)/t28-/m0/s1. The molecule has 0 aliphatic rings. The van der Waals surface area contributed by atoms with Gasteiger partial charge in [-0.05, 0) is 60.9 Å². The molecule has 3 aromatic carbocycles. The van der Waals surface area contributed by atoms with Crippen molar-refractivity contribution in [3.8, 4) is 17.2 Å². The van der Waals surface area contributed by atoms with E-state index < -0.39 is 6.04 Å². The number of ether oxygens (including phenoxy) is 2. The molecule has 0 fully saturated rings. The minimum Gasteiger partial charge on any atom is -0.505 e. The maximum atomic E-state index is 11.3. The van der Waals surface area contributed by atoms with Crippen molar-refractivity contribution in [3.05, 3.63) is 119 Å². The number of rotatable bonds is 9. The van der Waals surface area contributed by atoms with Crippen LogP contribution >= 0.6 is 11.6 Å². The van der Waals surface area contributed by atoms with Crippen molar-refractivity contribution >= 4 is 28.3 Å². The van der Waals surface area contributed by atoms with Crippen LogP contribution in [0.15, 0.2) is 91.3 Å². The molecule has 0 spiro atoms. The first-order valence-corrected chi connectivity index (χ1v) is 12.8. The summed E-state index contributed by atoms with van der Waals surface area (Å²) in [6.45, 7) is 4.70. The van der Waals surface area contributed by atoms with Gasteiger partial charge in [0.2, 0.25) is 0 Å². The lowest BCUT2D eigenvalue weighted by Gasteiger charge is -2.24. The maximum absolute atomic E-state index is 11.3. The fourth-order valence-electron chi connectivity index (χ4n) is 4.37. The Balaban J connectivity index is 1.59. The van der Waals surface area contributed by atoms with Crippen LogP contribution in [0.5, 0.6) is 17.2 Å². The number of anilines is 1. The van der Waals surface area contributed by atoms with Crippen LogP contribution in [0.1, 0.15) is 35.2 Å². The largest absolute Gasteiger partial charge is 0.505 e. The molecule has 1 atom stereocenters. The highest BCUT2D eigenvalue weighted by Gasteiger charge is 2.24. The average Bonchev–Trinajstić information content (AvgIpc) is 2.93. The summed E-state index contributed by atoms with van der Waals surface area (Å²) in [6, 6.07) is 24.6. The van der Waals surface area contributed by atoms with E-state index in [4.69, 9.17) is 21.1 Å². The molecule has 0 aliphatic carbocycles. The molecule has 0 saturated carbocycles. The fraction of sp³-hybridized carbons (Fsp3) is 0.161. The smallest absolute Gasteiger partial charge is 0.180 e. The van der Waals surface area contributed by atoms with E-state index in [2.05, 4.69) is 15.3 Å². The molecule has 0 amide bonds. The van der Waals surface area contributed by atoms with Gasteiger partial charge in [0.25, 0.3) is 0 Å². The summed E-state index contributed by atoms with van der Waals surface area (Å²) in [5, 5.41) is 16.0. The molecule has 2 heterocycles. The number of benzene rings is 3. The monoisotopic (exact) mass is 525 g/mol. The molecule has 2 aromatic heterocycles. The summed E-state index contributed by atoms with van der Waals surface area (Å²) in [5.41, 5.74) is 4.01. The molecule has 38 heavy (non-hydrogen) atoms. The number of nitrogens with one attached hydrogen (secondary N) is 1. The van der Waals surface area contributed by atoms with Gasteiger partial charge in [0.15, 0.2) is 11.5 Å². The molecule has 0 bridgehead atoms. The predicted molar refractivity (Wildman–Crippen MR) is 151 cm³/mol. The average molecular weight is 526 g/mol. The van der Waals surface area contributed by atoms with Crippen LogP contribution in [-0.4, -0.2) is 21.7 Å². The molecule has 0 aliphatic heterocycles. The van der Waals surface area contributed by atoms with Crippen molar-refractivity contribution in [2.45, 2.75) is 26.5 Å². The molecule has 0 radical (unpaired) electrons. The Morgan fingerprint density at radius 3 is 2.55 bits per heavy atom. The van der Waals surface area contributed by atoms with Gasteiger partial charge in [-0.2, -0.15) is 0 Å². The van der Waals surface area contributed by atoms with E-state index in [0.29, 0.717) is 46.6 Å². The van der Waals surface area contributed by atoms with Crippen LogP contribution in [0.25, 0.3) is 10.9 Å². The molecule has 0 unspecified atom stereocenters. The van der Waals surface area contributed by atoms with Crippen molar-refractivity contribution in [1.29, 1.82) is 0 Å². The topological polar surface area (TPSA) is 76.5 Å². The van der Waals surface area contributed by atoms with Crippen LogP contribution in [0.4, 0.5) is 5.82 Å². The normalized spacial score (nSPS) is 11.8. The lowest BCUT2D eigenvalue weighted by molar-refractivity contribution is 0.269. The Hall–Kier alpha value is -4.29. The number of phenolic OH excluding ortho intramolecular Hbond substituents is 1. The van der Waals surface area contributed by atoms with Gasteiger partial charge in [0, 0.05) is 23.3 Å². The molecule has 6 nitrogen and oxygen atoms in total. The number of phenols is 1. The first-order chi connectivity index (χ1) is 18.5. The van der Waals surface area contributed by atoms with Crippen molar-refractivity contribution in [2.24, 2.45) is 0 Å². The number of aromatic hydroxyl groups is 1. The first kappa shape index (κ1) is 25.4. The van der Waals surface area contributed by atoms with Gasteiger partial charge < -0.3 is 19.9 Å². The second-order valence-corrected chi connectivity index (χ2v) is 9.32. The Labute approximate surface area is 226 Å². The van der Waals surface area contributed by atoms with Crippen molar-refractivity contribution in [2.75, 3.05) is 11.9 Å². The Bertz CT molecular complexity index is 1560. The van der Waals surface area contributed by atoms with Crippen molar-refractivity contribution < 1.29 is 14.6 Å². The number of hydrogen-bond acceptors (Lipinski definition) is 6. The molecule has 5 rings (SSSR count). The second-order valence-electron chi connectivity index (χ2n) is 8.91. The van der Waals surface area contributed by atoms with E-state index in [1.165, 1.54) is 0 Å². The molecular weight excluding hydrogens is 498 g/mol. The van der Waals surface area contributed by atoms with Gasteiger partial charge in [0.05, 0.1) is 17.7 Å². The molecule has 192 valence electrons. The minimum absolute atomic E-state index is 0.0896. The summed E-state index contributed by atoms with van der Waals surface area (Å²) < 4.78 is 12.1. The van der Waals surface area contributed by atoms with Gasteiger partial charge in [-0.1, -0.05) is 60.1 Å². The number of fused-ring (bicyclic) bond motifs is 1. The Kier molecular flexibility index (Phi) is 7.61. The minimum atomic E-state index is -0.504. The number of pyridine rings is 2. The lowest BCUT2D eigenvalue weighted by Crippen LogP contribution is -2.14. The van der Waals surface area contributed by atoms with E-state index in [1.54, 1.807) is 12.4 Å². The third-order valence-electron chi connectivity index (χ3n) is 6.19. The Morgan fingerprint density at radius 2 is 1.76 bits per heavy atom. The van der Waals surface area contributed by atoms with E-state index in [0.717, 1.165) is 22.1 Å². The van der Waals surface area contributed by atoms with Crippen molar-refractivity contribution in [1.82, 2.24) is 9.97 Å². The molecular formula is C31H28ClN3O3. The van der Waals surface area contributed by atoms with Crippen LogP contribution in [0.3, 0.4) is 0 Å². The number of nitrogens with zero attached hydrogens (tertiary/aromatic N) is 2. The van der Waals surface area contributed by atoms with Crippen LogP contribution in [0.2, 0.25) is 5.02 Å². The third kappa shape index (κ3) is 5.50. The lowest BCUT2D eigenvalue weighted by atomic mass is 9.95. The highest BCUT2D eigenvalue weighted by Crippen LogP contribution is 2.43. The third-order valence-corrected chi connectivity index (χ3v) is 6.47. The van der Waals surface area contributed by atoms with Crippen LogP contribution in [0, 0.1) is 6.92 Å². The summed E-state index contributed by atoms with van der Waals surface area (Å²) in [7, 11) is 0. The van der Waals surface area contributed by atoms with E-state index in [9.17, 15) is 5.11 Å². The number of hydrogen-bond donors (Lipinski definition) is 2. The van der Waals surface area contributed by atoms with Crippen molar-refractivity contribution in [3.63, 3.8) is 0 Å². The highest BCUT2D eigenvalue weighted by molar-refractivity contribution is 6.32. The van der Waals surface area contributed by atoms with Gasteiger partial charge in [-0.3, -0.25) is 4.98 Å². The second kappa shape index (κ2) is 11.4.